The number of aromatic hydroxyl groups is 1. The fraction of sp³-hybridized carbons (Fsp3) is 0.188. The number of rotatable bonds is 4. The van der Waals surface area contributed by atoms with Gasteiger partial charge in [0.05, 0.1) is 5.92 Å². The van der Waals surface area contributed by atoms with Crippen LogP contribution in [-0.2, 0) is 4.79 Å². The van der Waals surface area contributed by atoms with E-state index >= 15 is 0 Å². The zero-order valence-corrected chi connectivity index (χ0v) is 11.1. The van der Waals surface area contributed by atoms with Crippen LogP contribution in [0.25, 0.3) is 0 Å². The summed E-state index contributed by atoms with van der Waals surface area (Å²) in [4.78, 5) is 13.4. The summed E-state index contributed by atoms with van der Waals surface area (Å²) in [7, 11) is 3.93. The van der Waals surface area contributed by atoms with Crippen molar-refractivity contribution in [3.63, 3.8) is 0 Å². The highest BCUT2D eigenvalue weighted by molar-refractivity contribution is 5.70. The highest BCUT2D eigenvalue weighted by Crippen LogP contribution is 2.30. The van der Waals surface area contributed by atoms with Gasteiger partial charge in [0.25, 0.3) is 0 Å². The van der Waals surface area contributed by atoms with E-state index in [1.54, 1.807) is 18.2 Å². The van der Waals surface area contributed by atoms with Gasteiger partial charge in [-0.3, -0.25) is 0 Å². The smallest absolute Gasteiger partial charge is 0.131 e. The molecule has 0 aromatic heterocycles. The van der Waals surface area contributed by atoms with Crippen molar-refractivity contribution in [1.29, 1.82) is 0 Å². The van der Waals surface area contributed by atoms with Crippen LogP contribution in [0.4, 0.5) is 5.69 Å². The lowest BCUT2D eigenvalue weighted by molar-refractivity contribution is -0.108. The summed E-state index contributed by atoms with van der Waals surface area (Å²) in [6, 6.07) is 14.7. The fourth-order valence-corrected chi connectivity index (χ4v) is 2.06. The number of anilines is 1. The summed E-state index contributed by atoms with van der Waals surface area (Å²) in [6.07, 6.45) is 0.861. The number of carbonyl (C=O) groups excluding carboxylic acids is 1. The maximum absolute atomic E-state index is 11.4. The molecule has 1 N–H and O–H groups in total. The van der Waals surface area contributed by atoms with Crippen molar-refractivity contribution in [2.75, 3.05) is 19.0 Å². The molecule has 0 heterocycles. The molecule has 19 heavy (non-hydrogen) atoms. The van der Waals surface area contributed by atoms with Crippen LogP contribution in [0.2, 0.25) is 0 Å². The Labute approximate surface area is 113 Å². The summed E-state index contributed by atoms with van der Waals surface area (Å²) in [5, 5.41) is 9.85. The molecule has 0 aliphatic heterocycles. The Hall–Kier alpha value is -2.29. The summed E-state index contributed by atoms with van der Waals surface area (Å²) in [5.41, 5.74) is 2.59. The predicted octanol–water partition coefficient (Wildman–Crippen LogP) is 2.79. The number of benzene rings is 2. The van der Waals surface area contributed by atoms with Crippen LogP contribution in [0.5, 0.6) is 5.75 Å². The number of aldehydes is 1. The molecule has 1 unspecified atom stereocenters. The van der Waals surface area contributed by atoms with Gasteiger partial charge in [-0.05, 0) is 23.8 Å². The molecule has 0 radical (unpaired) electrons. The van der Waals surface area contributed by atoms with Gasteiger partial charge in [0.1, 0.15) is 12.0 Å². The average Bonchev–Trinajstić information content (AvgIpc) is 2.42. The van der Waals surface area contributed by atoms with Gasteiger partial charge < -0.3 is 14.8 Å². The van der Waals surface area contributed by atoms with Crippen molar-refractivity contribution in [3.8, 4) is 5.75 Å². The Morgan fingerprint density at radius 2 is 1.68 bits per heavy atom. The van der Waals surface area contributed by atoms with E-state index in [0.29, 0.717) is 5.56 Å². The molecule has 2 rings (SSSR count). The van der Waals surface area contributed by atoms with E-state index in [2.05, 4.69) is 0 Å². The molecule has 0 aliphatic carbocycles. The van der Waals surface area contributed by atoms with Crippen molar-refractivity contribution in [2.24, 2.45) is 0 Å². The molecule has 98 valence electrons. The van der Waals surface area contributed by atoms with Crippen molar-refractivity contribution >= 4 is 12.0 Å². The Morgan fingerprint density at radius 3 is 2.21 bits per heavy atom. The van der Waals surface area contributed by atoms with E-state index in [-0.39, 0.29) is 5.75 Å². The Morgan fingerprint density at radius 1 is 1.05 bits per heavy atom. The maximum Gasteiger partial charge on any atom is 0.131 e. The molecule has 2 aromatic carbocycles. The first-order valence-corrected chi connectivity index (χ1v) is 6.14. The molecule has 0 saturated carbocycles. The average molecular weight is 255 g/mol. The minimum atomic E-state index is -0.433. The minimum Gasteiger partial charge on any atom is -0.508 e. The predicted molar refractivity (Wildman–Crippen MR) is 76.8 cm³/mol. The Balaban J connectivity index is 2.37. The molecular formula is C16H17NO2. The quantitative estimate of drug-likeness (QED) is 0.854. The highest BCUT2D eigenvalue weighted by atomic mass is 16.3. The number of carbonyl (C=O) groups is 1. The molecule has 0 bridgehead atoms. The second kappa shape index (κ2) is 5.57. The second-order valence-corrected chi connectivity index (χ2v) is 4.66. The lowest BCUT2D eigenvalue weighted by Crippen LogP contribution is -2.09. The molecule has 2 aromatic rings. The van der Waals surface area contributed by atoms with E-state index in [1.807, 2.05) is 49.3 Å². The zero-order valence-electron chi connectivity index (χ0n) is 11.1. The number of hydrogen-bond donors (Lipinski definition) is 1. The van der Waals surface area contributed by atoms with Gasteiger partial charge in [-0.2, -0.15) is 0 Å². The monoisotopic (exact) mass is 255 g/mol. The second-order valence-electron chi connectivity index (χ2n) is 4.66. The number of para-hydroxylation sites is 1. The molecular weight excluding hydrogens is 238 g/mol. The van der Waals surface area contributed by atoms with Gasteiger partial charge in [0.15, 0.2) is 0 Å². The standard InChI is InChI=1S/C16H17NO2/c1-17(2)13-9-7-12(8-10-13)15(11-18)14-5-3-4-6-16(14)19/h3-11,15,19H,1-2H3. The summed E-state index contributed by atoms with van der Waals surface area (Å²) in [5.74, 6) is -0.284. The fourth-order valence-electron chi connectivity index (χ4n) is 2.06. The number of hydrogen-bond acceptors (Lipinski definition) is 3. The summed E-state index contributed by atoms with van der Waals surface area (Å²) in [6.45, 7) is 0. The van der Waals surface area contributed by atoms with Crippen LogP contribution in [0.1, 0.15) is 17.0 Å². The SMILES string of the molecule is CN(C)c1ccc(C(C=O)c2ccccc2O)cc1. The molecule has 0 spiro atoms. The summed E-state index contributed by atoms with van der Waals surface area (Å²) >= 11 is 0. The van der Waals surface area contributed by atoms with E-state index < -0.39 is 5.92 Å². The first-order valence-electron chi connectivity index (χ1n) is 6.14. The first-order chi connectivity index (χ1) is 9.13. The molecule has 0 amide bonds. The third-order valence-corrected chi connectivity index (χ3v) is 3.18. The van der Waals surface area contributed by atoms with Crippen LogP contribution in [-0.4, -0.2) is 25.5 Å². The van der Waals surface area contributed by atoms with Crippen LogP contribution in [0, 0.1) is 0 Å². The Bertz CT molecular complexity index is 561. The normalized spacial score (nSPS) is 11.9. The van der Waals surface area contributed by atoms with Gasteiger partial charge in [-0.25, -0.2) is 0 Å². The minimum absolute atomic E-state index is 0.149. The van der Waals surface area contributed by atoms with Crippen molar-refractivity contribution in [2.45, 2.75) is 5.92 Å². The number of phenolic OH excluding ortho intramolecular Hbond substituents is 1. The molecule has 3 nitrogen and oxygen atoms in total. The lowest BCUT2D eigenvalue weighted by Gasteiger charge is -2.16. The largest absolute Gasteiger partial charge is 0.508 e. The highest BCUT2D eigenvalue weighted by Gasteiger charge is 2.16. The van der Waals surface area contributed by atoms with Gasteiger partial charge in [-0.15, -0.1) is 0 Å². The van der Waals surface area contributed by atoms with Crippen LogP contribution in [0.15, 0.2) is 48.5 Å². The number of nitrogens with zero attached hydrogens (tertiary/aromatic N) is 1. The third kappa shape index (κ3) is 2.76. The first kappa shape index (κ1) is 13.1. The van der Waals surface area contributed by atoms with Gasteiger partial charge >= 0.3 is 0 Å². The molecule has 0 fully saturated rings. The molecule has 0 aliphatic rings. The topological polar surface area (TPSA) is 40.5 Å². The van der Waals surface area contributed by atoms with Crippen molar-refractivity contribution < 1.29 is 9.90 Å². The van der Waals surface area contributed by atoms with Crippen molar-refractivity contribution in [3.05, 3.63) is 59.7 Å². The maximum atomic E-state index is 11.4. The van der Waals surface area contributed by atoms with Crippen LogP contribution in [0.3, 0.4) is 0 Å². The van der Waals surface area contributed by atoms with Crippen LogP contribution >= 0.6 is 0 Å². The van der Waals surface area contributed by atoms with E-state index in [9.17, 15) is 9.90 Å². The molecule has 1 atom stereocenters. The van der Waals surface area contributed by atoms with Gasteiger partial charge in [0.2, 0.25) is 0 Å². The zero-order chi connectivity index (χ0) is 13.8. The Kier molecular flexibility index (Phi) is 3.85. The summed E-state index contributed by atoms with van der Waals surface area (Å²) < 4.78 is 0. The van der Waals surface area contributed by atoms with Crippen molar-refractivity contribution in [1.82, 2.24) is 0 Å². The number of phenols is 1. The van der Waals surface area contributed by atoms with Gasteiger partial charge in [0, 0.05) is 25.3 Å². The lowest BCUT2D eigenvalue weighted by atomic mass is 9.92. The molecule has 3 heteroatoms. The van der Waals surface area contributed by atoms with E-state index in [0.717, 1.165) is 17.5 Å². The third-order valence-electron chi connectivity index (χ3n) is 3.18. The van der Waals surface area contributed by atoms with Crippen LogP contribution < -0.4 is 4.90 Å². The van der Waals surface area contributed by atoms with E-state index in [1.165, 1.54) is 0 Å². The molecule has 0 saturated heterocycles. The van der Waals surface area contributed by atoms with E-state index in [4.69, 9.17) is 0 Å². The van der Waals surface area contributed by atoms with Gasteiger partial charge in [-0.1, -0.05) is 30.3 Å².